The molecule has 1 aromatic rings. The maximum absolute atomic E-state index is 13.0. The lowest BCUT2D eigenvalue weighted by Gasteiger charge is -2.09. The SMILES string of the molecule is COc1cc(F)c(F)c(CON)c1O. The number of halogens is 2. The van der Waals surface area contributed by atoms with Crippen LogP contribution in [0.1, 0.15) is 5.56 Å². The van der Waals surface area contributed by atoms with Gasteiger partial charge >= 0.3 is 0 Å². The van der Waals surface area contributed by atoms with Gasteiger partial charge in [-0.3, -0.25) is 4.84 Å². The Balaban J connectivity index is 3.29. The molecular formula is C8H9F2NO3. The van der Waals surface area contributed by atoms with Gasteiger partial charge in [-0.1, -0.05) is 0 Å². The molecule has 0 heterocycles. The molecule has 0 aliphatic heterocycles. The van der Waals surface area contributed by atoms with Crippen molar-refractivity contribution in [1.82, 2.24) is 0 Å². The third kappa shape index (κ3) is 1.75. The molecule has 4 nitrogen and oxygen atoms in total. The Labute approximate surface area is 78.8 Å². The lowest BCUT2D eigenvalue weighted by Crippen LogP contribution is -2.04. The fraction of sp³-hybridized carbons (Fsp3) is 0.250. The number of rotatable bonds is 3. The number of phenolic OH excluding ortho intramolecular Hbond substituents is 1. The van der Waals surface area contributed by atoms with Crippen molar-refractivity contribution in [3.05, 3.63) is 23.3 Å². The fourth-order valence-corrected chi connectivity index (χ4v) is 1.01. The summed E-state index contributed by atoms with van der Waals surface area (Å²) in [4.78, 5) is 4.12. The number of hydrogen-bond donors (Lipinski definition) is 2. The van der Waals surface area contributed by atoms with Gasteiger partial charge in [0.15, 0.2) is 23.1 Å². The standard InChI is InChI=1S/C8H9F2NO3/c1-13-6-2-5(9)7(10)4(3-14-11)8(6)12/h2,12H,3,11H2,1H3. The first-order chi connectivity index (χ1) is 6.61. The first kappa shape index (κ1) is 10.7. The highest BCUT2D eigenvalue weighted by Crippen LogP contribution is 2.33. The molecule has 1 aromatic carbocycles. The van der Waals surface area contributed by atoms with Crippen LogP contribution >= 0.6 is 0 Å². The molecule has 0 aromatic heterocycles. The molecule has 0 atom stereocenters. The summed E-state index contributed by atoms with van der Waals surface area (Å²) in [5.41, 5.74) is -0.371. The van der Waals surface area contributed by atoms with Crippen LogP contribution in [0.5, 0.6) is 11.5 Å². The van der Waals surface area contributed by atoms with E-state index in [-0.39, 0.29) is 11.3 Å². The molecule has 14 heavy (non-hydrogen) atoms. The minimum atomic E-state index is -1.20. The number of nitrogens with two attached hydrogens (primary N) is 1. The van der Waals surface area contributed by atoms with E-state index in [1.807, 2.05) is 0 Å². The van der Waals surface area contributed by atoms with Crippen molar-refractivity contribution in [3.8, 4) is 11.5 Å². The molecule has 0 aliphatic carbocycles. The van der Waals surface area contributed by atoms with E-state index in [1.54, 1.807) is 0 Å². The van der Waals surface area contributed by atoms with Crippen LogP contribution in [-0.4, -0.2) is 12.2 Å². The molecule has 3 N–H and O–H groups in total. The molecular weight excluding hydrogens is 196 g/mol. The van der Waals surface area contributed by atoms with Crippen LogP contribution in [-0.2, 0) is 11.4 Å². The highest BCUT2D eigenvalue weighted by atomic mass is 19.2. The predicted molar refractivity (Wildman–Crippen MR) is 43.6 cm³/mol. The molecule has 0 saturated carbocycles. The van der Waals surface area contributed by atoms with E-state index in [0.29, 0.717) is 0 Å². The maximum atomic E-state index is 13.0. The van der Waals surface area contributed by atoms with E-state index in [0.717, 1.165) is 6.07 Å². The minimum Gasteiger partial charge on any atom is -0.504 e. The molecule has 78 valence electrons. The number of benzene rings is 1. The summed E-state index contributed by atoms with van der Waals surface area (Å²) in [5.74, 6) is 1.68. The van der Waals surface area contributed by atoms with Crippen LogP contribution < -0.4 is 10.6 Å². The van der Waals surface area contributed by atoms with Crippen LogP contribution in [0.15, 0.2) is 6.07 Å². The number of ether oxygens (including phenoxy) is 1. The third-order valence-corrected chi connectivity index (χ3v) is 1.70. The highest BCUT2D eigenvalue weighted by Gasteiger charge is 2.18. The largest absolute Gasteiger partial charge is 0.504 e. The van der Waals surface area contributed by atoms with E-state index in [4.69, 9.17) is 5.90 Å². The lowest BCUT2D eigenvalue weighted by molar-refractivity contribution is 0.118. The van der Waals surface area contributed by atoms with Crippen molar-refractivity contribution in [2.24, 2.45) is 5.90 Å². The van der Waals surface area contributed by atoms with Crippen LogP contribution in [0.2, 0.25) is 0 Å². The number of methoxy groups -OCH3 is 1. The highest BCUT2D eigenvalue weighted by molar-refractivity contribution is 5.46. The Hall–Kier alpha value is -1.40. The fourth-order valence-electron chi connectivity index (χ4n) is 1.01. The molecule has 6 heteroatoms. The van der Waals surface area contributed by atoms with Gasteiger partial charge in [0.1, 0.15) is 0 Å². The lowest BCUT2D eigenvalue weighted by atomic mass is 10.1. The van der Waals surface area contributed by atoms with E-state index < -0.39 is 24.0 Å². The molecule has 0 bridgehead atoms. The van der Waals surface area contributed by atoms with E-state index in [1.165, 1.54) is 7.11 Å². The topological polar surface area (TPSA) is 64.7 Å². The average molecular weight is 205 g/mol. The van der Waals surface area contributed by atoms with Crippen LogP contribution in [0.25, 0.3) is 0 Å². The summed E-state index contributed by atoms with van der Waals surface area (Å²) in [7, 11) is 1.22. The van der Waals surface area contributed by atoms with Gasteiger partial charge in [-0.25, -0.2) is 14.7 Å². The van der Waals surface area contributed by atoms with Crippen molar-refractivity contribution in [3.63, 3.8) is 0 Å². The maximum Gasteiger partial charge on any atom is 0.168 e. The normalized spacial score (nSPS) is 10.3. The summed E-state index contributed by atoms with van der Waals surface area (Å²) in [6.45, 7) is -0.439. The summed E-state index contributed by atoms with van der Waals surface area (Å²) in [6.07, 6.45) is 0. The van der Waals surface area contributed by atoms with Crippen molar-refractivity contribution in [1.29, 1.82) is 0 Å². The Morgan fingerprint density at radius 1 is 1.50 bits per heavy atom. The Morgan fingerprint density at radius 3 is 2.64 bits per heavy atom. The second kappa shape index (κ2) is 4.21. The van der Waals surface area contributed by atoms with Crippen molar-refractivity contribution in [2.75, 3.05) is 7.11 Å². The zero-order chi connectivity index (χ0) is 10.7. The molecule has 0 spiro atoms. The van der Waals surface area contributed by atoms with Crippen LogP contribution in [0, 0.1) is 11.6 Å². The first-order valence-electron chi connectivity index (χ1n) is 3.67. The second-order valence-corrected chi connectivity index (χ2v) is 2.51. The summed E-state index contributed by atoms with van der Waals surface area (Å²) in [6, 6.07) is 0.741. The van der Waals surface area contributed by atoms with E-state index in [2.05, 4.69) is 9.57 Å². The molecule has 0 unspecified atom stereocenters. The molecule has 0 saturated heterocycles. The minimum absolute atomic E-state index is 0.170. The summed E-state index contributed by atoms with van der Waals surface area (Å²) < 4.78 is 30.5. The Bertz CT molecular complexity index is 344. The molecule has 0 aliphatic rings. The molecule has 1 rings (SSSR count). The number of phenols is 1. The molecule has 0 amide bonds. The van der Waals surface area contributed by atoms with Crippen molar-refractivity contribution >= 4 is 0 Å². The van der Waals surface area contributed by atoms with Crippen molar-refractivity contribution in [2.45, 2.75) is 6.61 Å². The van der Waals surface area contributed by atoms with E-state index >= 15 is 0 Å². The molecule has 0 radical (unpaired) electrons. The average Bonchev–Trinajstić information content (AvgIpc) is 2.18. The Kier molecular flexibility index (Phi) is 3.21. The quantitative estimate of drug-likeness (QED) is 0.724. The Morgan fingerprint density at radius 2 is 2.14 bits per heavy atom. The van der Waals surface area contributed by atoms with Gasteiger partial charge in [-0.2, -0.15) is 0 Å². The van der Waals surface area contributed by atoms with E-state index in [9.17, 15) is 13.9 Å². The van der Waals surface area contributed by atoms with Gasteiger partial charge in [0, 0.05) is 6.07 Å². The van der Waals surface area contributed by atoms with Gasteiger partial charge in [0.2, 0.25) is 0 Å². The van der Waals surface area contributed by atoms with Gasteiger partial charge in [0.25, 0.3) is 0 Å². The summed E-state index contributed by atoms with van der Waals surface area (Å²) >= 11 is 0. The zero-order valence-electron chi connectivity index (χ0n) is 7.38. The monoisotopic (exact) mass is 205 g/mol. The smallest absolute Gasteiger partial charge is 0.168 e. The number of hydrogen-bond acceptors (Lipinski definition) is 4. The second-order valence-electron chi connectivity index (χ2n) is 2.51. The number of aromatic hydroxyl groups is 1. The first-order valence-corrected chi connectivity index (χ1v) is 3.67. The predicted octanol–water partition coefficient (Wildman–Crippen LogP) is 1.07. The third-order valence-electron chi connectivity index (χ3n) is 1.70. The van der Waals surface area contributed by atoms with Gasteiger partial charge in [0.05, 0.1) is 19.3 Å². The van der Waals surface area contributed by atoms with Gasteiger partial charge < -0.3 is 9.84 Å². The van der Waals surface area contributed by atoms with Gasteiger partial charge in [-0.05, 0) is 0 Å². The zero-order valence-corrected chi connectivity index (χ0v) is 7.38. The summed E-state index contributed by atoms with van der Waals surface area (Å²) in [5, 5.41) is 9.36. The van der Waals surface area contributed by atoms with Crippen LogP contribution in [0.4, 0.5) is 8.78 Å². The van der Waals surface area contributed by atoms with Gasteiger partial charge in [-0.15, -0.1) is 0 Å². The molecule has 0 fully saturated rings. The van der Waals surface area contributed by atoms with Crippen LogP contribution in [0.3, 0.4) is 0 Å². The van der Waals surface area contributed by atoms with Crippen molar-refractivity contribution < 1.29 is 23.5 Å².